The van der Waals surface area contributed by atoms with Crippen LogP contribution in [0.3, 0.4) is 0 Å². The molecular weight excluding hydrogens is 558 g/mol. The van der Waals surface area contributed by atoms with E-state index in [1.165, 1.54) is 0 Å². The van der Waals surface area contributed by atoms with Crippen molar-refractivity contribution in [1.29, 1.82) is 10.5 Å². The van der Waals surface area contributed by atoms with E-state index in [1.54, 1.807) is 11.1 Å². The topological polar surface area (TPSA) is 98.4 Å². The fourth-order valence-corrected chi connectivity index (χ4v) is 4.67. The number of anilines is 1. The van der Waals surface area contributed by atoms with Crippen LogP contribution in [0.1, 0.15) is 11.1 Å². The summed E-state index contributed by atoms with van der Waals surface area (Å²) >= 11 is 6.98. The Hall–Kier alpha value is -3.43. The van der Waals surface area contributed by atoms with Gasteiger partial charge in [0, 0.05) is 14.5 Å². The van der Waals surface area contributed by atoms with Gasteiger partial charge in [0.25, 0.3) is 0 Å². The number of allylic oxidation sites excluding steroid dienone is 1. The van der Waals surface area contributed by atoms with E-state index < -0.39 is 12.1 Å². The highest BCUT2D eigenvalue weighted by atomic mass is 79.9. The summed E-state index contributed by atoms with van der Waals surface area (Å²) in [5.74, 6) is -0.0195. The molecule has 1 heterocycles. The van der Waals surface area contributed by atoms with E-state index in [1.807, 2.05) is 72.8 Å². The summed E-state index contributed by atoms with van der Waals surface area (Å²) in [5, 5.41) is 25.6. The highest BCUT2D eigenvalue weighted by Crippen LogP contribution is 2.29. The smallest absolute Gasteiger partial charge is 0.127 e. The Morgan fingerprint density at radius 3 is 2.44 bits per heavy atom. The molecule has 0 aromatic heterocycles. The third-order valence-electron chi connectivity index (χ3n) is 5.29. The molecule has 0 aliphatic carbocycles. The van der Waals surface area contributed by atoms with Crippen molar-refractivity contribution in [1.82, 2.24) is 0 Å². The lowest BCUT2D eigenvalue weighted by Gasteiger charge is -2.21. The minimum absolute atomic E-state index is 0.299. The SMILES string of the molecule is N#C/C(=C/c1ccc(OCc2ccc(Br)cc2Br)cc1)C1=NN(c2ccccc2)[C@@H](N)[C@@H]1C#N. The molecule has 2 atom stereocenters. The van der Waals surface area contributed by atoms with Crippen LogP contribution < -0.4 is 15.5 Å². The summed E-state index contributed by atoms with van der Waals surface area (Å²) in [7, 11) is 0. The molecule has 0 bridgehead atoms. The summed E-state index contributed by atoms with van der Waals surface area (Å²) in [6, 6.07) is 27.1. The van der Waals surface area contributed by atoms with E-state index in [0.29, 0.717) is 23.6 Å². The van der Waals surface area contributed by atoms with Gasteiger partial charge in [-0.05, 0) is 48.0 Å². The average molecular weight is 577 g/mol. The Bertz CT molecular complexity index is 1320. The van der Waals surface area contributed by atoms with Crippen molar-refractivity contribution >= 4 is 49.3 Å². The normalized spacial score (nSPS) is 17.6. The highest BCUT2D eigenvalue weighted by molar-refractivity contribution is 9.11. The summed E-state index contributed by atoms with van der Waals surface area (Å²) in [6.45, 7) is 0.417. The molecular formula is C26H19Br2N5O. The standard InChI is InChI=1S/C26H19Br2N5O/c27-20-9-8-18(24(28)13-20)16-34-22-10-6-17(7-11-22)12-19(14-29)25-23(15-30)26(31)33(32-25)21-4-2-1-3-5-21/h1-13,23,26H,16,31H2/b19-12-/t23-,26-/m1/s1. The second kappa shape index (κ2) is 10.7. The van der Waals surface area contributed by atoms with Crippen molar-refractivity contribution in [2.75, 3.05) is 5.01 Å². The van der Waals surface area contributed by atoms with Crippen LogP contribution in [0.4, 0.5) is 5.69 Å². The van der Waals surface area contributed by atoms with Gasteiger partial charge in [0.2, 0.25) is 0 Å². The number of nitrogens with zero attached hydrogens (tertiary/aromatic N) is 4. The maximum atomic E-state index is 9.81. The second-order valence-electron chi connectivity index (χ2n) is 7.53. The number of halogens is 2. The zero-order valence-electron chi connectivity index (χ0n) is 17.9. The fourth-order valence-electron chi connectivity index (χ4n) is 3.51. The molecule has 0 radical (unpaired) electrons. The maximum Gasteiger partial charge on any atom is 0.127 e. The predicted molar refractivity (Wildman–Crippen MR) is 140 cm³/mol. The fraction of sp³-hybridized carbons (Fsp3) is 0.115. The van der Waals surface area contributed by atoms with E-state index in [9.17, 15) is 10.5 Å². The van der Waals surface area contributed by atoms with Crippen molar-refractivity contribution in [3.05, 3.63) is 98.4 Å². The number of nitrogens with two attached hydrogens (primary N) is 1. The predicted octanol–water partition coefficient (Wildman–Crippen LogP) is 6.00. The largest absolute Gasteiger partial charge is 0.489 e. The van der Waals surface area contributed by atoms with E-state index in [0.717, 1.165) is 25.8 Å². The van der Waals surface area contributed by atoms with Crippen LogP contribution in [-0.4, -0.2) is 11.9 Å². The van der Waals surface area contributed by atoms with Gasteiger partial charge in [-0.25, -0.2) is 5.01 Å². The zero-order valence-corrected chi connectivity index (χ0v) is 21.1. The Kier molecular flexibility index (Phi) is 7.44. The molecule has 0 saturated carbocycles. The van der Waals surface area contributed by atoms with Gasteiger partial charge in [-0.15, -0.1) is 0 Å². The van der Waals surface area contributed by atoms with Crippen molar-refractivity contribution in [3.8, 4) is 17.9 Å². The van der Waals surface area contributed by atoms with Gasteiger partial charge in [0.1, 0.15) is 30.5 Å². The second-order valence-corrected chi connectivity index (χ2v) is 9.30. The first kappa shape index (κ1) is 23.7. The number of benzene rings is 3. The number of hydrogen-bond acceptors (Lipinski definition) is 6. The van der Waals surface area contributed by atoms with Crippen LogP contribution in [-0.2, 0) is 6.61 Å². The molecule has 168 valence electrons. The van der Waals surface area contributed by atoms with Gasteiger partial charge < -0.3 is 10.5 Å². The molecule has 3 aromatic rings. The van der Waals surface area contributed by atoms with Gasteiger partial charge in [-0.2, -0.15) is 15.6 Å². The average Bonchev–Trinajstić information content (AvgIpc) is 3.19. The Morgan fingerprint density at radius 1 is 1.06 bits per heavy atom. The first-order valence-electron chi connectivity index (χ1n) is 10.4. The van der Waals surface area contributed by atoms with Crippen molar-refractivity contribution in [3.63, 3.8) is 0 Å². The molecule has 4 rings (SSSR count). The lowest BCUT2D eigenvalue weighted by Crippen LogP contribution is -2.40. The molecule has 2 N–H and O–H groups in total. The molecule has 6 nitrogen and oxygen atoms in total. The Balaban J connectivity index is 1.53. The molecule has 0 spiro atoms. The Morgan fingerprint density at radius 2 is 1.79 bits per heavy atom. The van der Waals surface area contributed by atoms with Crippen molar-refractivity contribution < 1.29 is 4.74 Å². The number of hydrogen-bond donors (Lipinski definition) is 1. The Labute approximate surface area is 214 Å². The summed E-state index contributed by atoms with van der Waals surface area (Å²) < 4.78 is 7.85. The van der Waals surface area contributed by atoms with Crippen molar-refractivity contribution in [2.24, 2.45) is 16.8 Å². The third kappa shape index (κ3) is 5.21. The number of rotatable bonds is 6. The minimum Gasteiger partial charge on any atom is -0.489 e. The van der Waals surface area contributed by atoms with Crippen LogP contribution in [0.5, 0.6) is 5.75 Å². The van der Waals surface area contributed by atoms with E-state index in [-0.39, 0.29) is 0 Å². The number of para-hydroxylation sites is 1. The highest BCUT2D eigenvalue weighted by Gasteiger charge is 2.37. The zero-order chi connectivity index (χ0) is 24.1. The summed E-state index contributed by atoms with van der Waals surface area (Å²) in [4.78, 5) is 0. The summed E-state index contributed by atoms with van der Waals surface area (Å²) in [5.41, 5.74) is 9.54. The first-order valence-corrected chi connectivity index (χ1v) is 12.0. The van der Waals surface area contributed by atoms with Gasteiger partial charge in [-0.1, -0.05) is 68.3 Å². The van der Waals surface area contributed by atoms with Gasteiger partial charge in [0.05, 0.1) is 23.0 Å². The minimum atomic E-state index is -0.724. The van der Waals surface area contributed by atoms with Crippen LogP contribution in [0, 0.1) is 28.6 Å². The quantitative estimate of drug-likeness (QED) is 0.363. The summed E-state index contributed by atoms with van der Waals surface area (Å²) in [6.07, 6.45) is 1.03. The van der Waals surface area contributed by atoms with Crippen LogP contribution >= 0.6 is 31.9 Å². The molecule has 1 aliphatic rings. The number of ether oxygens (including phenoxy) is 1. The molecule has 0 unspecified atom stereocenters. The monoisotopic (exact) mass is 575 g/mol. The van der Waals surface area contributed by atoms with Crippen LogP contribution in [0.2, 0.25) is 0 Å². The molecule has 34 heavy (non-hydrogen) atoms. The maximum absolute atomic E-state index is 9.81. The molecule has 0 fully saturated rings. The molecule has 1 aliphatic heterocycles. The molecule has 0 amide bonds. The lowest BCUT2D eigenvalue weighted by molar-refractivity contribution is 0.305. The van der Waals surface area contributed by atoms with E-state index in [4.69, 9.17) is 10.5 Å². The van der Waals surface area contributed by atoms with Crippen LogP contribution in [0.25, 0.3) is 6.08 Å². The molecule has 3 aromatic carbocycles. The van der Waals surface area contributed by atoms with E-state index in [2.05, 4.69) is 49.1 Å². The third-order valence-corrected chi connectivity index (χ3v) is 6.52. The van der Waals surface area contributed by atoms with Gasteiger partial charge in [0.15, 0.2) is 0 Å². The van der Waals surface area contributed by atoms with Gasteiger partial charge >= 0.3 is 0 Å². The van der Waals surface area contributed by atoms with Crippen molar-refractivity contribution in [2.45, 2.75) is 12.8 Å². The number of nitriles is 2. The first-order chi connectivity index (χ1) is 16.5. The molecule has 0 saturated heterocycles. The lowest BCUT2D eigenvalue weighted by atomic mass is 9.95. The molecule has 8 heteroatoms. The number of hydrazone groups is 1. The van der Waals surface area contributed by atoms with E-state index >= 15 is 0 Å². The van der Waals surface area contributed by atoms with Crippen LogP contribution in [0.15, 0.2) is 92.4 Å². The van der Waals surface area contributed by atoms with Gasteiger partial charge in [-0.3, -0.25) is 0 Å².